The van der Waals surface area contributed by atoms with Crippen molar-refractivity contribution in [3.63, 3.8) is 0 Å². The second-order valence-electron chi connectivity index (χ2n) is 11.3. The monoisotopic (exact) mass is 442 g/mol. The Balaban J connectivity index is 1.68. The lowest BCUT2D eigenvalue weighted by Gasteiger charge is -2.52. The van der Waals surface area contributed by atoms with E-state index >= 15 is 0 Å². The van der Waals surface area contributed by atoms with E-state index in [2.05, 4.69) is 24.5 Å². The van der Waals surface area contributed by atoms with Gasteiger partial charge in [0.15, 0.2) is 5.78 Å². The maximum atomic E-state index is 13.6. The first-order chi connectivity index (χ1) is 14.4. The molecule has 0 spiro atoms. The number of allylic oxidation sites excluding steroid dienone is 2. The molecule has 6 atom stereocenters. The number of Topliss-reactive ketones (excluding diaryl/α,β-unsaturated/α-hetero) is 1. The molecule has 7 heteroatoms. The number of hydrogen-bond acceptors (Lipinski definition) is 4. The Morgan fingerprint density at radius 3 is 2.55 bits per heavy atom. The Labute approximate surface area is 183 Å². The molecule has 0 aromatic carbocycles. The van der Waals surface area contributed by atoms with Crippen molar-refractivity contribution in [2.75, 3.05) is 6.54 Å². The fraction of sp³-hybridized carbons (Fsp3) is 0.875. The van der Waals surface area contributed by atoms with Gasteiger partial charge in [-0.3, -0.25) is 10.1 Å². The molecule has 0 radical (unpaired) electrons. The highest BCUT2D eigenvalue weighted by molar-refractivity contribution is 5.98. The van der Waals surface area contributed by atoms with Crippen LogP contribution >= 0.6 is 0 Å². The van der Waals surface area contributed by atoms with Crippen LogP contribution in [0.4, 0.5) is 13.2 Å². The molecule has 2 N–H and O–H groups in total. The molecule has 6 unspecified atom stereocenters. The van der Waals surface area contributed by atoms with Crippen LogP contribution in [0.15, 0.2) is 11.3 Å². The van der Waals surface area contributed by atoms with E-state index in [4.69, 9.17) is 4.74 Å². The van der Waals surface area contributed by atoms with E-state index in [1.54, 1.807) is 0 Å². The molecule has 2 heterocycles. The van der Waals surface area contributed by atoms with Crippen LogP contribution in [0, 0.1) is 29.1 Å². The number of ketones is 1. The fourth-order valence-corrected chi connectivity index (χ4v) is 6.58. The minimum atomic E-state index is -4.22. The molecule has 2 fully saturated rings. The first-order valence-corrected chi connectivity index (χ1v) is 11.9. The zero-order valence-electron chi connectivity index (χ0n) is 19.1. The molecule has 176 valence electrons. The molecule has 0 aromatic heterocycles. The molecule has 4 nitrogen and oxygen atoms in total. The zero-order valence-corrected chi connectivity index (χ0v) is 19.1. The Kier molecular flexibility index (Phi) is 6.23. The Morgan fingerprint density at radius 1 is 1.13 bits per heavy atom. The van der Waals surface area contributed by atoms with Gasteiger partial charge in [0.05, 0.1) is 24.3 Å². The van der Waals surface area contributed by atoms with Gasteiger partial charge in [-0.25, -0.2) is 0 Å². The maximum absolute atomic E-state index is 13.6. The lowest BCUT2D eigenvalue weighted by molar-refractivity contribution is -0.187. The number of carbonyl (C=O) groups is 1. The van der Waals surface area contributed by atoms with Gasteiger partial charge in [-0.05, 0) is 63.2 Å². The molecule has 2 aliphatic heterocycles. The van der Waals surface area contributed by atoms with E-state index in [9.17, 15) is 18.0 Å². The SMILES string of the molecule is CC(C)OC1CCCC(C2C3=C(CC(C)(C)CC3=O)NC3NCC(C(F)(F)F)CC32)C1. The quantitative estimate of drug-likeness (QED) is 0.650. The Hall–Kier alpha value is -1.08. The largest absolute Gasteiger partial charge is 0.393 e. The number of rotatable bonds is 3. The van der Waals surface area contributed by atoms with Crippen molar-refractivity contribution in [1.29, 1.82) is 0 Å². The van der Waals surface area contributed by atoms with Crippen molar-refractivity contribution in [2.45, 2.75) is 97.2 Å². The highest BCUT2D eigenvalue weighted by Crippen LogP contribution is 2.51. The van der Waals surface area contributed by atoms with E-state index in [1.807, 2.05) is 13.8 Å². The molecular weight excluding hydrogens is 405 g/mol. The standard InChI is InChI=1S/C24H37F3N2O2/c1-13(2)31-16-7-5-6-14(8-16)20-17-9-15(24(25,26)27)12-28-22(17)29-18-10-23(3,4)11-19(30)21(18)20/h13-17,20,22,28-29H,5-12H2,1-4H3. The number of fused-ring (bicyclic) bond motifs is 1. The smallest absolute Gasteiger partial charge is 0.376 e. The number of nitrogens with one attached hydrogen (secondary N) is 2. The summed E-state index contributed by atoms with van der Waals surface area (Å²) in [7, 11) is 0. The molecule has 0 aromatic rings. The molecule has 1 saturated heterocycles. The normalized spacial score (nSPS) is 38.5. The van der Waals surface area contributed by atoms with E-state index in [-0.39, 0.29) is 60.3 Å². The number of piperidine rings is 1. The first-order valence-electron chi connectivity index (χ1n) is 11.9. The molecule has 0 amide bonds. The third-order valence-corrected chi connectivity index (χ3v) is 7.72. The summed E-state index contributed by atoms with van der Waals surface area (Å²) in [6.45, 7) is 8.18. The van der Waals surface area contributed by atoms with Gasteiger partial charge < -0.3 is 10.1 Å². The predicted octanol–water partition coefficient (Wildman–Crippen LogP) is 4.95. The lowest BCUT2D eigenvalue weighted by Crippen LogP contribution is -2.62. The van der Waals surface area contributed by atoms with Gasteiger partial charge in [-0.2, -0.15) is 13.2 Å². The van der Waals surface area contributed by atoms with Gasteiger partial charge in [0.2, 0.25) is 0 Å². The Morgan fingerprint density at radius 2 is 1.87 bits per heavy atom. The van der Waals surface area contributed by atoms with Crippen LogP contribution in [-0.2, 0) is 9.53 Å². The van der Waals surface area contributed by atoms with Gasteiger partial charge in [-0.15, -0.1) is 0 Å². The second kappa shape index (κ2) is 8.36. The van der Waals surface area contributed by atoms with Crippen LogP contribution in [-0.4, -0.2) is 36.9 Å². The second-order valence-corrected chi connectivity index (χ2v) is 11.3. The molecule has 4 aliphatic rings. The molecular formula is C24H37F3N2O2. The van der Waals surface area contributed by atoms with Crippen LogP contribution in [0.3, 0.4) is 0 Å². The van der Waals surface area contributed by atoms with E-state index < -0.39 is 12.1 Å². The van der Waals surface area contributed by atoms with Crippen LogP contribution < -0.4 is 10.6 Å². The van der Waals surface area contributed by atoms with Crippen molar-refractivity contribution in [2.24, 2.45) is 29.1 Å². The minimum Gasteiger partial charge on any atom is -0.376 e. The summed E-state index contributed by atoms with van der Waals surface area (Å²) in [6, 6.07) is 0. The van der Waals surface area contributed by atoms with Crippen LogP contribution in [0.25, 0.3) is 0 Å². The number of alkyl halides is 3. The summed E-state index contributed by atoms with van der Waals surface area (Å²) in [5, 5.41) is 6.63. The molecule has 1 saturated carbocycles. The predicted molar refractivity (Wildman–Crippen MR) is 113 cm³/mol. The number of carbonyl (C=O) groups excluding carboxylic acids is 1. The number of ether oxygens (including phenoxy) is 1. The summed E-state index contributed by atoms with van der Waals surface area (Å²) >= 11 is 0. The van der Waals surface area contributed by atoms with Crippen molar-refractivity contribution in [1.82, 2.24) is 10.6 Å². The van der Waals surface area contributed by atoms with Crippen LogP contribution in [0.2, 0.25) is 0 Å². The van der Waals surface area contributed by atoms with Crippen molar-refractivity contribution < 1.29 is 22.7 Å². The highest BCUT2D eigenvalue weighted by Gasteiger charge is 2.53. The number of hydrogen-bond donors (Lipinski definition) is 2. The molecule has 0 bridgehead atoms. The van der Waals surface area contributed by atoms with Crippen molar-refractivity contribution in [3.8, 4) is 0 Å². The molecule has 2 aliphatic carbocycles. The van der Waals surface area contributed by atoms with Gasteiger partial charge in [0.1, 0.15) is 0 Å². The average Bonchev–Trinajstić information content (AvgIpc) is 2.64. The maximum Gasteiger partial charge on any atom is 0.393 e. The minimum absolute atomic E-state index is 0.0614. The van der Waals surface area contributed by atoms with Crippen molar-refractivity contribution in [3.05, 3.63) is 11.3 Å². The number of halogens is 3. The highest BCUT2D eigenvalue weighted by atomic mass is 19.4. The van der Waals surface area contributed by atoms with E-state index in [1.165, 1.54) is 0 Å². The lowest BCUT2D eigenvalue weighted by atomic mass is 9.60. The summed E-state index contributed by atoms with van der Waals surface area (Å²) < 4.78 is 47.0. The van der Waals surface area contributed by atoms with E-state index in [0.717, 1.165) is 43.4 Å². The summed E-state index contributed by atoms with van der Waals surface area (Å²) in [5.74, 6) is -1.39. The third kappa shape index (κ3) is 4.82. The van der Waals surface area contributed by atoms with Crippen LogP contribution in [0.5, 0.6) is 0 Å². The summed E-state index contributed by atoms with van der Waals surface area (Å²) in [5.41, 5.74) is 1.65. The molecule has 4 rings (SSSR count). The summed E-state index contributed by atoms with van der Waals surface area (Å²) in [4.78, 5) is 13.3. The van der Waals surface area contributed by atoms with Gasteiger partial charge in [-0.1, -0.05) is 20.3 Å². The average molecular weight is 443 g/mol. The van der Waals surface area contributed by atoms with Gasteiger partial charge >= 0.3 is 6.18 Å². The third-order valence-electron chi connectivity index (χ3n) is 7.72. The first kappa shape index (κ1) is 23.1. The van der Waals surface area contributed by atoms with Crippen molar-refractivity contribution >= 4 is 5.78 Å². The molecule has 31 heavy (non-hydrogen) atoms. The van der Waals surface area contributed by atoms with Gasteiger partial charge in [0, 0.05) is 30.2 Å². The summed E-state index contributed by atoms with van der Waals surface area (Å²) in [6.07, 6.45) is 0.939. The zero-order chi connectivity index (χ0) is 22.6. The Bertz CT molecular complexity index is 731. The van der Waals surface area contributed by atoms with Crippen LogP contribution in [0.1, 0.15) is 72.6 Å². The topological polar surface area (TPSA) is 50.4 Å². The van der Waals surface area contributed by atoms with E-state index in [0.29, 0.717) is 6.42 Å². The fourth-order valence-electron chi connectivity index (χ4n) is 6.58. The van der Waals surface area contributed by atoms with Gasteiger partial charge in [0.25, 0.3) is 0 Å².